The molecule has 6 nitrogen and oxygen atoms in total. The third-order valence-corrected chi connectivity index (χ3v) is 5.56. The average molecular weight is 338 g/mol. The number of carbonyl (C=O) groups is 2. The average Bonchev–Trinajstić information content (AvgIpc) is 2.86. The fourth-order valence-corrected chi connectivity index (χ4v) is 4.10. The van der Waals surface area contributed by atoms with Gasteiger partial charge in [0.1, 0.15) is 0 Å². The molecule has 0 aromatic heterocycles. The summed E-state index contributed by atoms with van der Waals surface area (Å²) in [6.07, 6.45) is 2.39. The van der Waals surface area contributed by atoms with Crippen LogP contribution in [-0.2, 0) is 9.84 Å². The van der Waals surface area contributed by atoms with Crippen molar-refractivity contribution in [3.8, 4) is 0 Å². The minimum Gasteiger partial charge on any atom is -0.352 e. The summed E-state index contributed by atoms with van der Waals surface area (Å²) in [5.41, 5.74) is 0.917. The summed E-state index contributed by atoms with van der Waals surface area (Å²) >= 11 is 0. The van der Waals surface area contributed by atoms with Gasteiger partial charge in [0.15, 0.2) is 9.84 Å². The van der Waals surface area contributed by atoms with Gasteiger partial charge in [-0.25, -0.2) is 8.42 Å². The van der Waals surface area contributed by atoms with Crippen molar-refractivity contribution in [2.45, 2.75) is 32.2 Å². The van der Waals surface area contributed by atoms with Crippen LogP contribution in [0.1, 0.15) is 46.9 Å². The molecular formula is C16H22N2O4S. The summed E-state index contributed by atoms with van der Waals surface area (Å²) in [6.45, 7) is 2.68. The van der Waals surface area contributed by atoms with Crippen LogP contribution < -0.4 is 10.6 Å². The lowest BCUT2D eigenvalue weighted by molar-refractivity contribution is 0.0933. The smallest absolute Gasteiger partial charge is 0.251 e. The van der Waals surface area contributed by atoms with Gasteiger partial charge in [-0.2, -0.15) is 0 Å². The van der Waals surface area contributed by atoms with E-state index in [-0.39, 0.29) is 29.4 Å². The number of hydrogen-bond acceptors (Lipinski definition) is 4. The number of carbonyl (C=O) groups excluding carboxylic acids is 2. The summed E-state index contributed by atoms with van der Waals surface area (Å²) in [4.78, 5) is 24.0. The van der Waals surface area contributed by atoms with E-state index >= 15 is 0 Å². The molecule has 1 aliphatic heterocycles. The van der Waals surface area contributed by atoms with Crippen LogP contribution in [0.25, 0.3) is 0 Å². The van der Waals surface area contributed by atoms with Gasteiger partial charge in [0.2, 0.25) is 0 Å². The Morgan fingerprint density at radius 2 is 1.74 bits per heavy atom. The van der Waals surface area contributed by atoms with Crippen molar-refractivity contribution in [2.24, 2.45) is 0 Å². The Balaban J connectivity index is 1.91. The lowest BCUT2D eigenvalue weighted by Gasteiger charge is -2.11. The second kappa shape index (κ2) is 7.59. The van der Waals surface area contributed by atoms with Crippen LogP contribution in [0, 0.1) is 0 Å². The summed E-state index contributed by atoms with van der Waals surface area (Å²) in [6, 6.07) is 6.02. The number of nitrogens with one attached hydrogen (secondary N) is 2. The maximum atomic E-state index is 12.1. The van der Waals surface area contributed by atoms with Crippen molar-refractivity contribution in [3.63, 3.8) is 0 Å². The molecule has 0 saturated carbocycles. The SMILES string of the molecule is CCCCNC(=O)c1ccc(C(=O)NC2CCS(=O)(=O)C2)cc1. The first kappa shape index (κ1) is 17.5. The van der Waals surface area contributed by atoms with Gasteiger partial charge in [-0.05, 0) is 37.1 Å². The van der Waals surface area contributed by atoms with Crippen LogP contribution >= 0.6 is 0 Å². The van der Waals surface area contributed by atoms with Crippen LogP contribution in [0.15, 0.2) is 24.3 Å². The second-order valence-corrected chi connectivity index (χ2v) is 7.99. The molecule has 0 aliphatic carbocycles. The fourth-order valence-electron chi connectivity index (χ4n) is 2.43. The minimum absolute atomic E-state index is 0.00332. The highest BCUT2D eigenvalue weighted by Gasteiger charge is 2.29. The number of amides is 2. The molecule has 1 aromatic carbocycles. The molecule has 23 heavy (non-hydrogen) atoms. The van der Waals surface area contributed by atoms with E-state index in [1.165, 1.54) is 0 Å². The monoisotopic (exact) mass is 338 g/mol. The second-order valence-electron chi connectivity index (χ2n) is 5.76. The first-order valence-electron chi connectivity index (χ1n) is 7.81. The van der Waals surface area contributed by atoms with E-state index in [1.807, 2.05) is 0 Å². The summed E-state index contributed by atoms with van der Waals surface area (Å²) in [5.74, 6) is -0.358. The van der Waals surface area contributed by atoms with Crippen LogP contribution in [0.3, 0.4) is 0 Å². The van der Waals surface area contributed by atoms with Crippen LogP contribution in [-0.4, -0.2) is 44.3 Å². The van der Waals surface area contributed by atoms with Gasteiger partial charge in [-0.3, -0.25) is 9.59 Å². The summed E-state index contributed by atoms with van der Waals surface area (Å²) < 4.78 is 22.8. The third kappa shape index (κ3) is 5.06. The molecule has 0 spiro atoms. The molecule has 2 amide bonds. The number of rotatable bonds is 6. The Labute approximate surface area is 136 Å². The zero-order valence-electron chi connectivity index (χ0n) is 13.2. The van der Waals surface area contributed by atoms with Crippen LogP contribution in [0.2, 0.25) is 0 Å². The maximum absolute atomic E-state index is 12.1. The van der Waals surface area contributed by atoms with Crippen LogP contribution in [0.5, 0.6) is 0 Å². The largest absolute Gasteiger partial charge is 0.352 e. The molecule has 0 radical (unpaired) electrons. The Kier molecular flexibility index (Phi) is 5.76. The van der Waals surface area contributed by atoms with E-state index in [4.69, 9.17) is 0 Å². The molecule has 126 valence electrons. The van der Waals surface area contributed by atoms with E-state index in [1.54, 1.807) is 24.3 Å². The van der Waals surface area contributed by atoms with Crippen molar-refractivity contribution in [2.75, 3.05) is 18.1 Å². The molecule has 1 heterocycles. The highest BCUT2D eigenvalue weighted by atomic mass is 32.2. The number of unbranched alkanes of at least 4 members (excludes halogenated alkanes) is 1. The zero-order chi connectivity index (χ0) is 16.9. The normalized spacial score (nSPS) is 19.3. The molecule has 1 aliphatic rings. The molecule has 7 heteroatoms. The molecule has 2 rings (SSSR count). The minimum atomic E-state index is -3.02. The Hall–Kier alpha value is -1.89. The first-order valence-corrected chi connectivity index (χ1v) is 9.63. The number of hydrogen-bond donors (Lipinski definition) is 2. The lowest BCUT2D eigenvalue weighted by atomic mass is 10.1. The number of sulfone groups is 1. The highest BCUT2D eigenvalue weighted by Crippen LogP contribution is 2.12. The quantitative estimate of drug-likeness (QED) is 0.761. The van der Waals surface area contributed by atoms with E-state index in [0.717, 1.165) is 12.8 Å². The van der Waals surface area contributed by atoms with E-state index in [2.05, 4.69) is 17.6 Å². The Morgan fingerprint density at radius 3 is 2.26 bits per heavy atom. The van der Waals surface area contributed by atoms with Crippen molar-refractivity contribution >= 4 is 21.7 Å². The van der Waals surface area contributed by atoms with Gasteiger partial charge in [0.25, 0.3) is 11.8 Å². The Bertz CT molecular complexity index is 668. The summed E-state index contributed by atoms with van der Waals surface area (Å²) in [5, 5.41) is 5.53. The topological polar surface area (TPSA) is 92.3 Å². The predicted octanol–water partition coefficient (Wildman–Crippen LogP) is 1.13. The third-order valence-electron chi connectivity index (χ3n) is 3.79. The molecule has 1 aromatic rings. The van der Waals surface area contributed by atoms with Gasteiger partial charge in [-0.15, -0.1) is 0 Å². The van der Waals surface area contributed by atoms with Crippen LogP contribution in [0.4, 0.5) is 0 Å². The maximum Gasteiger partial charge on any atom is 0.251 e. The van der Waals surface area contributed by atoms with Gasteiger partial charge in [0, 0.05) is 23.7 Å². The van der Waals surface area contributed by atoms with E-state index in [9.17, 15) is 18.0 Å². The molecular weight excluding hydrogens is 316 g/mol. The molecule has 2 N–H and O–H groups in total. The lowest BCUT2D eigenvalue weighted by Crippen LogP contribution is -2.35. The van der Waals surface area contributed by atoms with E-state index in [0.29, 0.717) is 24.1 Å². The van der Waals surface area contributed by atoms with Crippen molar-refractivity contribution in [3.05, 3.63) is 35.4 Å². The summed E-state index contributed by atoms with van der Waals surface area (Å²) in [7, 11) is -3.02. The van der Waals surface area contributed by atoms with Crippen molar-refractivity contribution < 1.29 is 18.0 Å². The van der Waals surface area contributed by atoms with Gasteiger partial charge in [-0.1, -0.05) is 13.3 Å². The first-order chi connectivity index (χ1) is 10.9. The van der Waals surface area contributed by atoms with Crippen molar-refractivity contribution in [1.82, 2.24) is 10.6 Å². The Morgan fingerprint density at radius 1 is 1.13 bits per heavy atom. The fraction of sp³-hybridized carbons (Fsp3) is 0.500. The molecule has 1 atom stereocenters. The van der Waals surface area contributed by atoms with E-state index < -0.39 is 9.84 Å². The van der Waals surface area contributed by atoms with Gasteiger partial charge < -0.3 is 10.6 Å². The molecule has 1 fully saturated rings. The molecule has 1 unspecified atom stereocenters. The number of benzene rings is 1. The highest BCUT2D eigenvalue weighted by molar-refractivity contribution is 7.91. The molecule has 0 bridgehead atoms. The van der Waals surface area contributed by atoms with Gasteiger partial charge in [0.05, 0.1) is 11.5 Å². The van der Waals surface area contributed by atoms with Crippen molar-refractivity contribution in [1.29, 1.82) is 0 Å². The van der Waals surface area contributed by atoms with Gasteiger partial charge >= 0.3 is 0 Å². The standard InChI is InChI=1S/C16H22N2O4S/c1-2-3-9-17-15(19)12-4-6-13(7-5-12)16(20)18-14-8-10-23(21,22)11-14/h4-7,14H,2-3,8-11H2,1H3,(H,17,19)(H,18,20). The molecule has 1 saturated heterocycles. The zero-order valence-corrected chi connectivity index (χ0v) is 14.0. The predicted molar refractivity (Wildman–Crippen MR) is 88.2 cm³/mol.